The lowest BCUT2D eigenvalue weighted by molar-refractivity contribution is 0.0842. The van der Waals surface area contributed by atoms with Crippen LogP contribution >= 0.6 is 15.9 Å². The van der Waals surface area contributed by atoms with Gasteiger partial charge in [-0.05, 0) is 39.9 Å². The number of rotatable bonds is 5. The van der Waals surface area contributed by atoms with Gasteiger partial charge in [0.1, 0.15) is 0 Å². The molecular weight excluding hydrogens is 268 g/mol. The highest BCUT2D eigenvalue weighted by Crippen LogP contribution is 2.30. The second-order valence-corrected chi connectivity index (χ2v) is 5.48. The fraction of sp³-hybridized carbons (Fsp3) is 0.583. The molecule has 16 heavy (non-hydrogen) atoms. The summed E-state index contributed by atoms with van der Waals surface area (Å²) in [6.07, 6.45) is 4.33. The maximum atomic E-state index is 9.57. The van der Waals surface area contributed by atoms with Crippen molar-refractivity contribution in [1.29, 1.82) is 0 Å². The molecule has 3 nitrogen and oxygen atoms in total. The third-order valence-electron chi connectivity index (χ3n) is 3.26. The monoisotopic (exact) mass is 286 g/mol. The van der Waals surface area contributed by atoms with Gasteiger partial charge in [-0.2, -0.15) is 0 Å². The van der Waals surface area contributed by atoms with Gasteiger partial charge in [0, 0.05) is 28.8 Å². The van der Waals surface area contributed by atoms with E-state index in [9.17, 15) is 5.11 Å². The van der Waals surface area contributed by atoms with Crippen LogP contribution in [0.4, 0.5) is 0 Å². The predicted molar refractivity (Wildman–Crippen MR) is 69.1 cm³/mol. The molecule has 0 spiro atoms. The number of hydrogen-bond donors (Lipinski definition) is 2. The molecule has 3 N–H and O–H groups in total. The van der Waals surface area contributed by atoms with E-state index in [1.54, 1.807) is 6.20 Å². The SMILES string of the molecule is CC(C)C(CN)(CO)Cc1cncc(Br)c1. The summed E-state index contributed by atoms with van der Waals surface area (Å²) >= 11 is 3.39. The molecule has 0 amide bonds. The fourth-order valence-corrected chi connectivity index (χ4v) is 2.19. The zero-order valence-corrected chi connectivity index (χ0v) is 11.4. The molecule has 0 fully saturated rings. The van der Waals surface area contributed by atoms with Crippen molar-refractivity contribution in [2.75, 3.05) is 13.2 Å². The van der Waals surface area contributed by atoms with Gasteiger partial charge in [0.2, 0.25) is 0 Å². The highest BCUT2D eigenvalue weighted by atomic mass is 79.9. The number of nitrogens with two attached hydrogens (primary N) is 1. The van der Waals surface area contributed by atoms with Crippen molar-refractivity contribution in [2.45, 2.75) is 20.3 Å². The van der Waals surface area contributed by atoms with Crippen molar-refractivity contribution in [3.8, 4) is 0 Å². The van der Waals surface area contributed by atoms with Gasteiger partial charge in [0.05, 0.1) is 6.61 Å². The van der Waals surface area contributed by atoms with Crippen LogP contribution in [0.3, 0.4) is 0 Å². The van der Waals surface area contributed by atoms with E-state index in [-0.39, 0.29) is 12.0 Å². The Morgan fingerprint density at radius 1 is 1.50 bits per heavy atom. The number of nitrogens with zero attached hydrogens (tertiary/aromatic N) is 1. The first kappa shape index (κ1) is 13.6. The third-order valence-corrected chi connectivity index (χ3v) is 3.70. The van der Waals surface area contributed by atoms with Crippen LogP contribution in [0, 0.1) is 11.3 Å². The molecule has 0 aliphatic rings. The van der Waals surface area contributed by atoms with Gasteiger partial charge < -0.3 is 10.8 Å². The average molecular weight is 287 g/mol. The maximum Gasteiger partial charge on any atom is 0.0505 e. The number of aliphatic hydroxyl groups is 1. The second-order valence-electron chi connectivity index (χ2n) is 4.57. The molecule has 4 heteroatoms. The summed E-state index contributed by atoms with van der Waals surface area (Å²) in [4.78, 5) is 4.13. The highest BCUT2D eigenvalue weighted by Gasteiger charge is 2.32. The fourth-order valence-electron chi connectivity index (χ4n) is 1.77. The molecule has 1 unspecified atom stereocenters. The molecule has 0 aromatic carbocycles. The summed E-state index contributed by atoms with van der Waals surface area (Å²) in [5, 5.41) is 9.57. The molecule has 0 radical (unpaired) electrons. The summed E-state index contributed by atoms with van der Waals surface area (Å²) in [5.74, 6) is 0.335. The molecule has 0 aliphatic carbocycles. The molecule has 90 valence electrons. The first-order valence-corrected chi connectivity index (χ1v) is 6.24. The Morgan fingerprint density at radius 2 is 2.19 bits per heavy atom. The van der Waals surface area contributed by atoms with Gasteiger partial charge >= 0.3 is 0 Å². The van der Waals surface area contributed by atoms with Gasteiger partial charge in [0.15, 0.2) is 0 Å². The van der Waals surface area contributed by atoms with E-state index < -0.39 is 0 Å². The lowest BCUT2D eigenvalue weighted by Crippen LogP contribution is -2.41. The van der Waals surface area contributed by atoms with E-state index in [1.807, 2.05) is 12.3 Å². The number of hydrogen-bond acceptors (Lipinski definition) is 3. The minimum Gasteiger partial charge on any atom is -0.396 e. The normalized spacial score (nSPS) is 15.1. The lowest BCUT2D eigenvalue weighted by atomic mass is 9.73. The van der Waals surface area contributed by atoms with Crippen molar-refractivity contribution in [3.63, 3.8) is 0 Å². The molecule has 0 bridgehead atoms. The molecule has 0 saturated carbocycles. The van der Waals surface area contributed by atoms with Crippen LogP contribution in [-0.2, 0) is 6.42 Å². The molecule has 1 aromatic rings. The Kier molecular flexibility index (Phi) is 4.89. The van der Waals surface area contributed by atoms with Crippen LogP contribution in [0.25, 0.3) is 0 Å². The number of aliphatic hydroxyl groups excluding tert-OH is 1. The summed E-state index contributed by atoms with van der Waals surface area (Å²) < 4.78 is 0.956. The topological polar surface area (TPSA) is 59.1 Å². The van der Waals surface area contributed by atoms with E-state index in [2.05, 4.69) is 34.8 Å². The lowest BCUT2D eigenvalue weighted by Gasteiger charge is -2.34. The zero-order chi connectivity index (χ0) is 12.2. The summed E-state index contributed by atoms with van der Waals surface area (Å²) in [6, 6.07) is 2.02. The van der Waals surface area contributed by atoms with E-state index in [1.165, 1.54) is 0 Å². The maximum absolute atomic E-state index is 9.57. The van der Waals surface area contributed by atoms with Crippen molar-refractivity contribution >= 4 is 15.9 Å². The van der Waals surface area contributed by atoms with Crippen LogP contribution in [0.15, 0.2) is 22.9 Å². The van der Waals surface area contributed by atoms with Crippen LogP contribution < -0.4 is 5.73 Å². The number of aromatic nitrogens is 1. The first-order valence-electron chi connectivity index (χ1n) is 5.44. The summed E-state index contributed by atoms with van der Waals surface area (Å²) in [6.45, 7) is 4.77. The van der Waals surface area contributed by atoms with Crippen molar-refractivity contribution in [1.82, 2.24) is 4.98 Å². The Labute approximate surface area is 105 Å². The van der Waals surface area contributed by atoms with Crippen LogP contribution in [0.1, 0.15) is 19.4 Å². The minimum absolute atomic E-state index is 0.105. The van der Waals surface area contributed by atoms with Gasteiger partial charge in [0.25, 0.3) is 0 Å². The standard InChI is InChI=1S/C12H19BrN2O/c1-9(2)12(7-14,8-16)4-10-3-11(13)6-15-5-10/h3,5-6,9,16H,4,7-8,14H2,1-2H3. The largest absolute Gasteiger partial charge is 0.396 e. The molecule has 0 aliphatic heterocycles. The molecule has 0 saturated heterocycles. The quantitative estimate of drug-likeness (QED) is 0.870. The summed E-state index contributed by atoms with van der Waals surface area (Å²) in [7, 11) is 0. The third kappa shape index (κ3) is 3.03. The molecule has 1 rings (SSSR count). The Hall–Kier alpha value is -0.450. The molecular formula is C12H19BrN2O. The van der Waals surface area contributed by atoms with E-state index in [4.69, 9.17) is 5.73 Å². The van der Waals surface area contributed by atoms with E-state index in [0.717, 1.165) is 16.5 Å². The number of halogens is 1. The molecule has 1 aromatic heterocycles. The van der Waals surface area contributed by atoms with Gasteiger partial charge in [-0.1, -0.05) is 13.8 Å². The van der Waals surface area contributed by atoms with Crippen LogP contribution in [0.2, 0.25) is 0 Å². The van der Waals surface area contributed by atoms with E-state index in [0.29, 0.717) is 12.5 Å². The zero-order valence-electron chi connectivity index (χ0n) is 9.78. The van der Waals surface area contributed by atoms with Gasteiger partial charge in [-0.15, -0.1) is 0 Å². The van der Waals surface area contributed by atoms with Gasteiger partial charge in [-0.3, -0.25) is 4.98 Å². The Balaban J connectivity index is 2.91. The van der Waals surface area contributed by atoms with Crippen molar-refractivity contribution in [2.24, 2.45) is 17.1 Å². The Bertz CT molecular complexity index is 338. The first-order chi connectivity index (χ1) is 7.54. The average Bonchev–Trinajstić information content (AvgIpc) is 2.25. The second kappa shape index (κ2) is 5.75. The van der Waals surface area contributed by atoms with Crippen LogP contribution in [-0.4, -0.2) is 23.2 Å². The number of pyridine rings is 1. The summed E-state index contributed by atoms with van der Waals surface area (Å²) in [5.41, 5.74) is 6.67. The minimum atomic E-state index is -0.248. The van der Waals surface area contributed by atoms with Crippen LogP contribution in [0.5, 0.6) is 0 Å². The van der Waals surface area contributed by atoms with Crippen molar-refractivity contribution < 1.29 is 5.11 Å². The predicted octanol–water partition coefficient (Wildman–Crippen LogP) is 1.98. The van der Waals surface area contributed by atoms with E-state index >= 15 is 0 Å². The highest BCUT2D eigenvalue weighted by molar-refractivity contribution is 9.10. The van der Waals surface area contributed by atoms with Crippen molar-refractivity contribution in [3.05, 3.63) is 28.5 Å². The Morgan fingerprint density at radius 3 is 2.62 bits per heavy atom. The van der Waals surface area contributed by atoms with Gasteiger partial charge in [-0.25, -0.2) is 0 Å². The molecule has 1 heterocycles. The smallest absolute Gasteiger partial charge is 0.0505 e. The molecule has 1 atom stereocenters.